The van der Waals surface area contributed by atoms with Gasteiger partial charge in [0.15, 0.2) is 0 Å². The Labute approximate surface area is 136 Å². The van der Waals surface area contributed by atoms with Crippen LogP contribution in [0.1, 0.15) is 40.4 Å². The molecular formula is C18H15F4NO. The van der Waals surface area contributed by atoms with Crippen molar-refractivity contribution in [2.24, 2.45) is 0 Å². The number of carbonyl (C=O) groups excluding carboxylic acids is 1. The molecule has 1 aliphatic heterocycles. The average Bonchev–Trinajstić information content (AvgIpc) is 3.04. The third-order valence-corrected chi connectivity index (χ3v) is 4.21. The second kappa shape index (κ2) is 6.26. The van der Waals surface area contributed by atoms with Crippen molar-refractivity contribution in [3.8, 4) is 0 Å². The molecule has 1 atom stereocenters. The number of nitrogens with zero attached hydrogens (tertiary/aromatic N) is 1. The third kappa shape index (κ3) is 3.27. The molecular weight excluding hydrogens is 322 g/mol. The van der Waals surface area contributed by atoms with Gasteiger partial charge in [0.25, 0.3) is 5.91 Å². The minimum absolute atomic E-state index is 0.0128. The lowest BCUT2D eigenvalue weighted by atomic mass is 10.0. The molecule has 24 heavy (non-hydrogen) atoms. The first-order valence-corrected chi connectivity index (χ1v) is 7.60. The Morgan fingerprint density at radius 3 is 2.46 bits per heavy atom. The molecule has 2 aromatic rings. The number of rotatable bonds is 2. The number of alkyl halides is 3. The second-order valence-corrected chi connectivity index (χ2v) is 5.79. The number of halogens is 4. The van der Waals surface area contributed by atoms with Gasteiger partial charge in [0, 0.05) is 12.1 Å². The number of hydrogen-bond acceptors (Lipinski definition) is 1. The van der Waals surface area contributed by atoms with Crippen LogP contribution in [0.5, 0.6) is 0 Å². The molecule has 2 aromatic carbocycles. The summed E-state index contributed by atoms with van der Waals surface area (Å²) in [7, 11) is 0. The molecule has 1 heterocycles. The normalized spacial score (nSPS) is 18.0. The quantitative estimate of drug-likeness (QED) is 0.719. The SMILES string of the molecule is O=C(c1cccc(C(F)(F)F)c1)N1CCC[C@H]1c1ccc(F)cc1. The smallest absolute Gasteiger partial charge is 0.332 e. The third-order valence-electron chi connectivity index (χ3n) is 4.21. The van der Waals surface area contributed by atoms with Gasteiger partial charge >= 0.3 is 6.18 Å². The monoisotopic (exact) mass is 337 g/mol. The van der Waals surface area contributed by atoms with Crippen LogP contribution in [0.15, 0.2) is 48.5 Å². The molecule has 0 spiro atoms. The first kappa shape index (κ1) is 16.5. The molecule has 0 aliphatic carbocycles. The highest BCUT2D eigenvalue weighted by Gasteiger charge is 2.33. The Kier molecular flexibility index (Phi) is 4.30. The van der Waals surface area contributed by atoms with Gasteiger partial charge in [-0.15, -0.1) is 0 Å². The van der Waals surface area contributed by atoms with Gasteiger partial charge in [0.05, 0.1) is 11.6 Å². The largest absolute Gasteiger partial charge is 0.416 e. The summed E-state index contributed by atoms with van der Waals surface area (Å²) in [6, 6.07) is 10.1. The fourth-order valence-corrected chi connectivity index (χ4v) is 3.04. The molecule has 126 valence electrons. The van der Waals surface area contributed by atoms with E-state index in [1.54, 1.807) is 17.0 Å². The summed E-state index contributed by atoms with van der Waals surface area (Å²) < 4.78 is 51.5. The van der Waals surface area contributed by atoms with Crippen LogP contribution in [-0.4, -0.2) is 17.4 Å². The van der Waals surface area contributed by atoms with Crippen molar-refractivity contribution >= 4 is 5.91 Å². The van der Waals surface area contributed by atoms with Crippen molar-refractivity contribution < 1.29 is 22.4 Å². The fraction of sp³-hybridized carbons (Fsp3) is 0.278. The summed E-state index contributed by atoms with van der Waals surface area (Å²) in [6.45, 7) is 0.469. The van der Waals surface area contributed by atoms with Crippen LogP contribution in [0.3, 0.4) is 0 Å². The standard InChI is InChI=1S/C18H15F4NO/c19-15-8-6-12(7-9-15)16-5-2-10-23(16)17(24)13-3-1-4-14(11-13)18(20,21)22/h1,3-4,6-9,11,16H,2,5,10H2/t16-/m0/s1. The van der Waals surface area contributed by atoms with Gasteiger partial charge < -0.3 is 4.90 Å². The summed E-state index contributed by atoms with van der Waals surface area (Å²) in [5, 5.41) is 0. The Hall–Kier alpha value is -2.37. The van der Waals surface area contributed by atoms with Gasteiger partial charge in [0.2, 0.25) is 0 Å². The maximum Gasteiger partial charge on any atom is 0.416 e. The van der Waals surface area contributed by atoms with E-state index in [1.807, 2.05) is 0 Å². The number of amides is 1. The van der Waals surface area contributed by atoms with Crippen molar-refractivity contribution in [2.45, 2.75) is 25.1 Å². The highest BCUT2D eigenvalue weighted by Crippen LogP contribution is 2.34. The van der Waals surface area contributed by atoms with E-state index < -0.39 is 17.6 Å². The molecule has 6 heteroatoms. The summed E-state index contributed by atoms with van der Waals surface area (Å²) in [6.07, 6.45) is -3.03. The molecule has 3 rings (SSSR count). The van der Waals surface area contributed by atoms with E-state index in [2.05, 4.69) is 0 Å². The van der Waals surface area contributed by atoms with Crippen LogP contribution >= 0.6 is 0 Å². The van der Waals surface area contributed by atoms with E-state index >= 15 is 0 Å². The Bertz CT molecular complexity index is 739. The molecule has 1 fully saturated rings. The van der Waals surface area contributed by atoms with E-state index in [1.165, 1.54) is 24.3 Å². The fourth-order valence-electron chi connectivity index (χ4n) is 3.04. The number of benzene rings is 2. The van der Waals surface area contributed by atoms with Gasteiger partial charge in [-0.1, -0.05) is 18.2 Å². The molecule has 1 aliphatic rings. The highest BCUT2D eigenvalue weighted by atomic mass is 19.4. The average molecular weight is 337 g/mol. The molecule has 0 bridgehead atoms. The predicted molar refractivity (Wildman–Crippen MR) is 80.9 cm³/mol. The first-order chi connectivity index (χ1) is 11.4. The van der Waals surface area contributed by atoms with E-state index in [-0.39, 0.29) is 17.4 Å². The molecule has 2 nitrogen and oxygen atoms in total. The molecule has 0 radical (unpaired) electrons. The molecule has 0 N–H and O–H groups in total. The van der Waals surface area contributed by atoms with Gasteiger partial charge in [-0.25, -0.2) is 4.39 Å². The maximum atomic E-state index is 13.1. The van der Waals surface area contributed by atoms with E-state index in [0.29, 0.717) is 13.0 Å². The van der Waals surface area contributed by atoms with E-state index in [0.717, 1.165) is 24.1 Å². The summed E-state index contributed by atoms with van der Waals surface area (Å²) in [4.78, 5) is 14.2. The Morgan fingerprint density at radius 2 is 1.79 bits per heavy atom. The Balaban J connectivity index is 1.87. The van der Waals surface area contributed by atoms with Crippen LogP contribution in [0.25, 0.3) is 0 Å². The number of likely N-dealkylation sites (tertiary alicyclic amines) is 1. The number of hydrogen-bond donors (Lipinski definition) is 0. The van der Waals surface area contributed by atoms with Crippen molar-refractivity contribution in [2.75, 3.05) is 6.54 Å². The first-order valence-electron chi connectivity index (χ1n) is 7.60. The Morgan fingerprint density at radius 1 is 1.08 bits per heavy atom. The summed E-state index contributed by atoms with van der Waals surface area (Å²) in [5.41, 5.74) is -0.0426. The van der Waals surface area contributed by atoms with Crippen molar-refractivity contribution in [3.63, 3.8) is 0 Å². The van der Waals surface area contributed by atoms with Crippen LogP contribution < -0.4 is 0 Å². The predicted octanol–water partition coefficient (Wildman–Crippen LogP) is 4.82. The van der Waals surface area contributed by atoms with Crippen LogP contribution in [0, 0.1) is 5.82 Å². The minimum atomic E-state index is -4.49. The van der Waals surface area contributed by atoms with Crippen LogP contribution in [-0.2, 0) is 6.18 Å². The number of carbonyl (C=O) groups is 1. The lowest BCUT2D eigenvalue weighted by Crippen LogP contribution is -2.30. The zero-order valence-electron chi connectivity index (χ0n) is 12.7. The molecule has 1 amide bonds. The highest BCUT2D eigenvalue weighted by molar-refractivity contribution is 5.94. The lowest BCUT2D eigenvalue weighted by Gasteiger charge is -2.25. The molecule has 0 saturated carbocycles. The van der Waals surface area contributed by atoms with Crippen LogP contribution in [0.4, 0.5) is 17.6 Å². The summed E-state index contributed by atoms with van der Waals surface area (Å²) >= 11 is 0. The zero-order valence-corrected chi connectivity index (χ0v) is 12.7. The molecule has 1 saturated heterocycles. The molecule has 0 aromatic heterocycles. The molecule has 0 unspecified atom stereocenters. The van der Waals surface area contributed by atoms with Crippen molar-refractivity contribution in [1.82, 2.24) is 4.90 Å². The second-order valence-electron chi connectivity index (χ2n) is 5.79. The maximum absolute atomic E-state index is 13.1. The van der Waals surface area contributed by atoms with Crippen molar-refractivity contribution in [3.05, 3.63) is 71.0 Å². The lowest BCUT2D eigenvalue weighted by molar-refractivity contribution is -0.137. The van der Waals surface area contributed by atoms with Crippen LogP contribution in [0.2, 0.25) is 0 Å². The van der Waals surface area contributed by atoms with Crippen molar-refractivity contribution in [1.29, 1.82) is 0 Å². The van der Waals surface area contributed by atoms with Gasteiger partial charge in [-0.2, -0.15) is 13.2 Å². The van der Waals surface area contributed by atoms with Gasteiger partial charge in [0.1, 0.15) is 5.82 Å². The van der Waals surface area contributed by atoms with Gasteiger partial charge in [-0.05, 0) is 48.7 Å². The minimum Gasteiger partial charge on any atom is -0.332 e. The van der Waals surface area contributed by atoms with E-state index in [4.69, 9.17) is 0 Å². The van der Waals surface area contributed by atoms with E-state index in [9.17, 15) is 22.4 Å². The van der Waals surface area contributed by atoms with Gasteiger partial charge in [-0.3, -0.25) is 4.79 Å². The topological polar surface area (TPSA) is 20.3 Å². The summed E-state index contributed by atoms with van der Waals surface area (Å²) in [5.74, 6) is -0.805. The zero-order chi connectivity index (χ0) is 17.3.